The molecule has 0 heterocycles. The average Bonchev–Trinajstić information content (AvgIpc) is 2.34. The quantitative estimate of drug-likeness (QED) is 0.523. The van der Waals surface area contributed by atoms with Crippen molar-refractivity contribution in [2.45, 2.75) is 44.9 Å². The smallest absolute Gasteiger partial charge is 0.00205 e. The summed E-state index contributed by atoms with van der Waals surface area (Å²) in [6, 6.07) is 0. The first kappa shape index (κ1) is 13.9. The van der Waals surface area contributed by atoms with Gasteiger partial charge in [0.2, 0.25) is 0 Å². The van der Waals surface area contributed by atoms with Crippen LogP contribution in [-0.4, -0.2) is 32.7 Å². The fraction of sp³-hybridized carbons (Fsp3) is 1.00. The second kappa shape index (κ2) is 10.1. The second-order valence-electron chi connectivity index (χ2n) is 4.95. The Bertz CT molecular complexity index is 144. The van der Waals surface area contributed by atoms with E-state index in [1.54, 1.807) is 0 Å². The van der Waals surface area contributed by atoms with Gasteiger partial charge in [-0.2, -0.15) is 0 Å². The van der Waals surface area contributed by atoms with Crippen molar-refractivity contribution in [1.82, 2.24) is 10.6 Å². The third-order valence-electron chi connectivity index (χ3n) is 3.42. The number of hydrogen-bond donors (Lipinski definition) is 3. The molecule has 3 heteroatoms. The van der Waals surface area contributed by atoms with E-state index in [9.17, 15) is 0 Å². The molecule has 3 nitrogen and oxygen atoms in total. The lowest BCUT2D eigenvalue weighted by molar-refractivity contribution is 0.342. The molecular weight excluding hydrogens is 198 g/mol. The molecule has 1 aliphatic rings. The van der Waals surface area contributed by atoms with E-state index >= 15 is 0 Å². The van der Waals surface area contributed by atoms with Crippen LogP contribution in [0.3, 0.4) is 0 Å². The predicted octanol–water partition coefficient (Wildman–Crippen LogP) is 1.48. The van der Waals surface area contributed by atoms with Crippen LogP contribution in [0.5, 0.6) is 0 Å². The first-order valence-corrected chi connectivity index (χ1v) is 7.05. The predicted molar refractivity (Wildman–Crippen MR) is 70.6 cm³/mol. The Kier molecular flexibility index (Phi) is 8.77. The number of nitrogens with one attached hydrogen (secondary N) is 2. The highest BCUT2D eigenvalue weighted by atomic mass is 14.9. The normalized spacial score (nSPS) is 17.8. The van der Waals surface area contributed by atoms with Crippen LogP contribution in [0.1, 0.15) is 44.9 Å². The summed E-state index contributed by atoms with van der Waals surface area (Å²) in [7, 11) is 0. The molecule has 96 valence electrons. The van der Waals surface area contributed by atoms with Crippen molar-refractivity contribution in [3.05, 3.63) is 0 Å². The van der Waals surface area contributed by atoms with Gasteiger partial charge in [0.05, 0.1) is 0 Å². The van der Waals surface area contributed by atoms with E-state index in [0.717, 1.165) is 38.5 Å². The van der Waals surface area contributed by atoms with E-state index in [2.05, 4.69) is 10.6 Å². The van der Waals surface area contributed by atoms with Crippen molar-refractivity contribution in [3.8, 4) is 0 Å². The van der Waals surface area contributed by atoms with E-state index in [1.165, 1.54) is 45.1 Å². The minimum Gasteiger partial charge on any atom is -0.330 e. The van der Waals surface area contributed by atoms with Gasteiger partial charge in [0.25, 0.3) is 0 Å². The SMILES string of the molecule is NCCCNCCCNCC1CCCCC1. The Morgan fingerprint density at radius 3 is 2.31 bits per heavy atom. The zero-order valence-electron chi connectivity index (χ0n) is 10.6. The lowest BCUT2D eigenvalue weighted by Gasteiger charge is -2.21. The molecule has 0 atom stereocenters. The Labute approximate surface area is 101 Å². The van der Waals surface area contributed by atoms with Crippen LogP contribution >= 0.6 is 0 Å². The monoisotopic (exact) mass is 227 g/mol. The van der Waals surface area contributed by atoms with Gasteiger partial charge in [0.15, 0.2) is 0 Å². The van der Waals surface area contributed by atoms with Gasteiger partial charge in [0.1, 0.15) is 0 Å². The second-order valence-corrected chi connectivity index (χ2v) is 4.95. The molecule has 1 aliphatic carbocycles. The summed E-state index contributed by atoms with van der Waals surface area (Å²) in [5, 5.41) is 6.99. The Morgan fingerprint density at radius 1 is 0.875 bits per heavy atom. The molecule has 0 aromatic carbocycles. The maximum Gasteiger partial charge on any atom is -0.00205 e. The van der Waals surface area contributed by atoms with E-state index in [-0.39, 0.29) is 0 Å². The van der Waals surface area contributed by atoms with E-state index in [4.69, 9.17) is 5.73 Å². The number of rotatable bonds is 9. The van der Waals surface area contributed by atoms with E-state index in [0.29, 0.717) is 0 Å². The molecule has 0 radical (unpaired) electrons. The summed E-state index contributed by atoms with van der Waals surface area (Å²) < 4.78 is 0. The summed E-state index contributed by atoms with van der Waals surface area (Å²) in [6.45, 7) is 5.39. The van der Waals surface area contributed by atoms with Crippen molar-refractivity contribution in [1.29, 1.82) is 0 Å². The van der Waals surface area contributed by atoms with Gasteiger partial charge >= 0.3 is 0 Å². The van der Waals surface area contributed by atoms with Crippen molar-refractivity contribution in [2.75, 3.05) is 32.7 Å². The topological polar surface area (TPSA) is 50.1 Å². The maximum atomic E-state index is 5.42. The van der Waals surface area contributed by atoms with Crippen molar-refractivity contribution < 1.29 is 0 Å². The summed E-state index contributed by atoms with van der Waals surface area (Å²) >= 11 is 0. The average molecular weight is 227 g/mol. The van der Waals surface area contributed by atoms with Gasteiger partial charge in [-0.05, 0) is 64.3 Å². The highest BCUT2D eigenvalue weighted by molar-refractivity contribution is 4.67. The molecule has 0 amide bonds. The zero-order chi connectivity index (χ0) is 11.5. The van der Waals surface area contributed by atoms with Crippen LogP contribution in [0, 0.1) is 5.92 Å². The molecule has 0 bridgehead atoms. The van der Waals surface area contributed by atoms with Crippen LogP contribution in [-0.2, 0) is 0 Å². The van der Waals surface area contributed by atoms with Gasteiger partial charge in [-0.25, -0.2) is 0 Å². The fourth-order valence-corrected chi connectivity index (χ4v) is 2.39. The van der Waals surface area contributed by atoms with Crippen LogP contribution in [0.15, 0.2) is 0 Å². The minimum atomic E-state index is 0.799. The van der Waals surface area contributed by atoms with Gasteiger partial charge < -0.3 is 16.4 Å². The third kappa shape index (κ3) is 7.20. The third-order valence-corrected chi connectivity index (χ3v) is 3.42. The summed E-state index contributed by atoms with van der Waals surface area (Å²) in [4.78, 5) is 0. The van der Waals surface area contributed by atoms with Gasteiger partial charge in [-0.1, -0.05) is 19.3 Å². The van der Waals surface area contributed by atoms with E-state index < -0.39 is 0 Å². The van der Waals surface area contributed by atoms with Gasteiger partial charge in [-0.3, -0.25) is 0 Å². The van der Waals surface area contributed by atoms with E-state index in [1.807, 2.05) is 0 Å². The zero-order valence-corrected chi connectivity index (χ0v) is 10.6. The highest BCUT2D eigenvalue weighted by Gasteiger charge is 2.11. The Hall–Kier alpha value is -0.120. The highest BCUT2D eigenvalue weighted by Crippen LogP contribution is 2.22. The standard InChI is InChI=1S/C13H29N3/c14-8-4-9-15-10-5-11-16-12-13-6-2-1-3-7-13/h13,15-16H,1-12,14H2. The lowest BCUT2D eigenvalue weighted by atomic mass is 9.89. The van der Waals surface area contributed by atoms with Crippen LogP contribution < -0.4 is 16.4 Å². The minimum absolute atomic E-state index is 0.799. The number of nitrogens with two attached hydrogens (primary N) is 1. The first-order chi connectivity index (χ1) is 7.93. The molecule has 1 saturated carbocycles. The number of hydrogen-bond acceptors (Lipinski definition) is 3. The molecule has 16 heavy (non-hydrogen) atoms. The Morgan fingerprint density at radius 2 is 1.56 bits per heavy atom. The van der Waals surface area contributed by atoms with Crippen LogP contribution in [0.2, 0.25) is 0 Å². The Balaban J connectivity index is 1.77. The van der Waals surface area contributed by atoms with Crippen molar-refractivity contribution >= 4 is 0 Å². The molecule has 0 aromatic heterocycles. The molecule has 0 saturated heterocycles. The van der Waals surface area contributed by atoms with Crippen molar-refractivity contribution in [3.63, 3.8) is 0 Å². The first-order valence-electron chi connectivity index (χ1n) is 7.05. The largest absolute Gasteiger partial charge is 0.330 e. The van der Waals surface area contributed by atoms with Crippen LogP contribution in [0.4, 0.5) is 0 Å². The molecule has 1 rings (SSSR count). The molecule has 4 N–H and O–H groups in total. The summed E-state index contributed by atoms with van der Waals surface area (Å²) in [5.74, 6) is 0.957. The summed E-state index contributed by atoms with van der Waals surface area (Å²) in [6.07, 6.45) is 9.58. The summed E-state index contributed by atoms with van der Waals surface area (Å²) in [5.41, 5.74) is 5.42. The molecule has 0 spiro atoms. The molecule has 1 fully saturated rings. The van der Waals surface area contributed by atoms with Crippen LogP contribution in [0.25, 0.3) is 0 Å². The molecule has 0 aliphatic heterocycles. The molecule has 0 unspecified atom stereocenters. The van der Waals surface area contributed by atoms with Gasteiger partial charge in [0, 0.05) is 0 Å². The molecule has 0 aromatic rings. The maximum absolute atomic E-state index is 5.42. The fourth-order valence-electron chi connectivity index (χ4n) is 2.39. The van der Waals surface area contributed by atoms with Gasteiger partial charge in [-0.15, -0.1) is 0 Å². The van der Waals surface area contributed by atoms with Crippen molar-refractivity contribution in [2.24, 2.45) is 11.7 Å². The lowest BCUT2D eigenvalue weighted by Crippen LogP contribution is -2.28. The molecular formula is C13H29N3.